The van der Waals surface area contributed by atoms with E-state index >= 15 is 0 Å². The predicted molar refractivity (Wildman–Crippen MR) is 104 cm³/mol. The van der Waals surface area contributed by atoms with E-state index in [9.17, 15) is 9.59 Å². The SMILES string of the molecule is COC(=O)[C@@H]1CN(C(=O)CSc2nnnn2-c2cccc(C)c2C)CCS1. The Kier molecular flexibility index (Phi) is 6.38. The third kappa shape index (κ3) is 4.44. The number of ether oxygens (including phenoxy) is 1. The summed E-state index contributed by atoms with van der Waals surface area (Å²) < 4.78 is 6.45. The fraction of sp³-hybridized carbons (Fsp3) is 0.471. The largest absolute Gasteiger partial charge is 0.468 e. The molecule has 3 rings (SSSR count). The second-order valence-electron chi connectivity index (χ2n) is 6.10. The van der Waals surface area contributed by atoms with Crippen molar-refractivity contribution in [2.75, 3.05) is 31.7 Å². The molecule has 1 aliphatic rings. The predicted octanol–water partition coefficient (Wildman–Crippen LogP) is 1.49. The molecule has 2 heterocycles. The van der Waals surface area contributed by atoms with Crippen molar-refractivity contribution < 1.29 is 14.3 Å². The minimum Gasteiger partial charge on any atom is -0.468 e. The molecule has 2 aromatic rings. The van der Waals surface area contributed by atoms with Crippen LogP contribution in [0.2, 0.25) is 0 Å². The van der Waals surface area contributed by atoms with Crippen LogP contribution < -0.4 is 0 Å². The van der Waals surface area contributed by atoms with Gasteiger partial charge in [-0.05, 0) is 41.5 Å². The van der Waals surface area contributed by atoms with Crippen LogP contribution >= 0.6 is 23.5 Å². The van der Waals surface area contributed by atoms with Gasteiger partial charge in [-0.1, -0.05) is 23.9 Å². The first-order chi connectivity index (χ1) is 13.0. The highest BCUT2D eigenvalue weighted by molar-refractivity contribution is 8.00. The van der Waals surface area contributed by atoms with Crippen LogP contribution in [0.3, 0.4) is 0 Å². The normalized spacial score (nSPS) is 17.0. The lowest BCUT2D eigenvalue weighted by Crippen LogP contribution is -2.45. The summed E-state index contributed by atoms with van der Waals surface area (Å²) in [5, 5.41) is 12.1. The van der Waals surface area contributed by atoms with Crippen LogP contribution in [0.5, 0.6) is 0 Å². The van der Waals surface area contributed by atoms with Gasteiger partial charge in [0, 0.05) is 18.8 Å². The molecule has 1 aromatic heterocycles. The van der Waals surface area contributed by atoms with E-state index < -0.39 is 0 Å². The number of methoxy groups -OCH3 is 1. The number of rotatable bonds is 5. The Morgan fingerprint density at radius 1 is 1.37 bits per heavy atom. The monoisotopic (exact) mass is 407 g/mol. The van der Waals surface area contributed by atoms with Crippen LogP contribution in [0.25, 0.3) is 5.69 Å². The maximum absolute atomic E-state index is 12.6. The fourth-order valence-electron chi connectivity index (χ4n) is 2.75. The first-order valence-corrected chi connectivity index (χ1v) is 10.5. The van der Waals surface area contributed by atoms with E-state index in [2.05, 4.69) is 15.5 Å². The quantitative estimate of drug-likeness (QED) is 0.544. The molecule has 27 heavy (non-hydrogen) atoms. The molecule has 1 aromatic carbocycles. The molecule has 144 valence electrons. The van der Waals surface area contributed by atoms with E-state index in [0.29, 0.717) is 18.2 Å². The summed E-state index contributed by atoms with van der Waals surface area (Å²) in [4.78, 5) is 26.0. The molecule has 1 amide bonds. The van der Waals surface area contributed by atoms with Gasteiger partial charge in [-0.15, -0.1) is 16.9 Å². The number of amides is 1. The van der Waals surface area contributed by atoms with Gasteiger partial charge in [0.1, 0.15) is 5.25 Å². The zero-order chi connectivity index (χ0) is 19.4. The van der Waals surface area contributed by atoms with Crippen LogP contribution in [0.15, 0.2) is 23.4 Å². The second-order valence-corrected chi connectivity index (χ2v) is 8.36. The van der Waals surface area contributed by atoms with Gasteiger partial charge in [-0.2, -0.15) is 4.68 Å². The van der Waals surface area contributed by atoms with Gasteiger partial charge in [0.2, 0.25) is 11.1 Å². The maximum Gasteiger partial charge on any atom is 0.320 e. The Hall–Kier alpha value is -2.07. The molecular formula is C17H21N5O3S2. The van der Waals surface area contributed by atoms with Crippen LogP contribution in [0.1, 0.15) is 11.1 Å². The molecule has 0 aliphatic carbocycles. The fourth-order valence-corrected chi connectivity index (χ4v) is 4.67. The summed E-state index contributed by atoms with van der Waals surface area (Å²) >= 11 is 2.82. The van der Waals surface area contributed by atoms with Crippen LogP contribution in [0, 0.1) is 13.8 Å². The second kappa shape index (κ2) is 8.75. The van der Waals surface area contributed by atoms with E-state index in [0.717, 1.165) is 22.6 Å². The number of esters is 1. The number of hydrogen-bond donors (Lipinski definition) is 0. The average molecular weight is 408 g/mol. The van der Waals surface area contributed by atoms with Gasteiger partial charge in [0.05, 0.1) is 18.6 Å². The molecule has 0 spiro atoms. The van der Waals surface area contributed by atoms with Crippen molar-refractivity contribution in [3.63, 3.8) is 0 Å². The van der Waals surface area contributed by atoms with Gasteiger partial charge < -0.3 is 9.64 Å². The van der Waals surface area contributed by atoms with E-state index in [4.69, 9.17) is 4.74 Å². The van der Waals surface area contributed by atoms with Crippen molar-refractivity contribution in [1.82, 2.24) is 25.1 Å². The Morgan fingerprint density at radius 2 is 2.19 bits per heavy atom. The summed E-state index contributed by atoms with van der Waals surface area (Å²) in [6.07, 6.45) is 0. The highest BCUT2D eigenvalue weighted by Crippen LogP contribution is 2.24. The zero-order valence-electron chi connectivity index (χ0n) is 15.4. The van der Waals surface area contributed by atoms with Crippen molar-refractivity contribution in [2.24, 2.45) is 0 Å². The molecule has 0 radical (unpaired) electrons. The van der Waals surface area contributed by atoms with E-state index in [-0.39, 0.29) is 22.9 Å². The number of nitrogens with zero attached hydrogens (tertiary/aromatic N) is 5. The highest BCUT2D eigenvalue weighted by Gasteiger charge is 2.29. The van der Waals surface area contributed by atoms with Crippen molar-refractivity contribution >= 4 is 35.4 Å². The number of aryl methyl sites for hydroxylation is 1. The van der Waals surface area contributed by atoms with Gasteiger partial charge in [-0.3, -0.25) is 9.59 Å². The summed E-state index contributed by atoms with van der Waals surface area (Å²) in [5.74, 6) is 0.606. The molecule has 8 nitrogen and oxygen atoms in total. The molecule has 0 bridgehead atoms. The van der Waals surface area contributed by atoms with Crippen molar-refractivity contribution in [3.05, 3.63) is 29.3 Å². The van der Waals surface area contributed by atoms with Crippen LogP contribution in [0.4, 0.5) is 0 Å². The third-order valence-electron chi connectivity index (χ3n) is 4.45. The minimum atomic E-state index is -0.321. The number of tetrazole rings is 1. The van der Waals surface area contributed by atoms with Crippen molar-refractivity contribution in [2.45, 2.75) is 24.3 Å². The van der Waals surface area contributed by atoms with Crippen molar-refractivity contribution in [1.29, 1.82) is 0 Å². The summed E-state index contributed by atoms with van der Waals surface area (Å²) in [7, 11) is 1.37. The van der Waals surface area contributed by atoms with Gasteiger partial charge >= 0.3 is 5.97 Å². The average Bonchev–Trinajstić information content (AvgIpc) is 3.16. The number of benzene rings is 1. The molecule has 1 atom stereocenters. The molecule has 1 aliphatic heterocycles. The molecule has 10 heteroatoms. The Labute approximate surface area is 166 Å². The topological polar surface area (TPSA) is 90.2 Å². The van der Waals surface area contributed by atoms with Crippen molar-refractivity contribution in [3.8, 4) is 5.69 Å². The van der Waals surface area contributed by atoms with E-state index in [1.807, 2.05) is 32.0 Å². The molecular weight excluding hydrogens is 386 g/mol. The Bertz CT molecular complexity index is 842. The lowest BCUT2D eigenvalue weighted by atomic mass is 10.1. The minimum absolute atomic E-state index is 0.0373. The van der Waals surface area contributed by atoms with Gasteiger partial charge in [-0.25, -0.2) is 0 Å². The molecule has 0 N–H and O–H groups in total. The number of thioether (sulfide) groups is 2. The molecule has 1 saturated heterocycles. The number of aromatic nitrogens is 4. The maximum atomic E-state index is 12.6. The smallest absolute Gasteiger partial charge is 0.320 e. The first kappa shape index (κ1) is 19.7. The molecule has 0 unspecified atom stereocenters. The third-order valence-corrected chi connectivity index (χ3v) is 6.52. The number of carbonyl (C=O) groups excluding carboxylic acids is 2. The summed E-state index contributed by atoms with van der Waals surface area (Å²) in [6, 6.07) is 5.94. The first-order valence-electron chi connectivity index (χ1n) is 8.46. The lowest BCUT2D eigenvalue weighted by Gasteiger charge is -2.30. The molecule has 0 saturated carbocycles. The van der Waals surface area contributed by atoms with Gasteiger partial charge in [0.15, 0.2) is 0 Å². The Morgan fingerprint density at radius 3 is 2.96 bits per heavy atom. The molecule has 1 fully saturated rings. The van der Waals surface area contributed by atoms with E-state index in [1.54, 1.807) is 9.58 Å². The number of hydrogen-bond acceptors (Lipinski definition) is 8. The number of carbonyl (C=O) groups is 2. The summed E-state index contributed by atoms with van der Waals surface area (Å²) in [6.45, 7) is 5.05. The van der Waals surface area contributed by atoms with Gasteiger partial charge in [0.25, 0.3) is 0 Å². The van der Waals surface area contributed by atoms with E-state index in [1.165, 1.54) is 30.6 Å². The lowest BCUT2D eigenvalue weighted by molar-refractivity contribution is -0.141. The zero-order valence-corrected chi connectivity index (χ0v) is 17.0. The standard InChI is InChI=1S/C17H21N5O3S2/c1-11-5-4-6-13(12(11)2)22-17(18-19-20-22)27-10-15(23)21-7-8-26-14(9-21)16(24)25-3/h4-6,14H,7-10H2,1-3H3/t14-/m0/s1. The Balaban J connectivity index is 1.66. The highest BCUT2D eigenvalue weighted by atomic mass is 32.2. The van der Waals surface area contributed by atoms with Crippen LogP contribution in [-0.4, -0.2) is 73.9 Å². The summed E-state index contributed by atoms with van der Waals surface area (Å²) in [5.41, 5.74) is 3.14. The van der Waals surface area contributed by atoms with Crippen LogP contribution in [-0.2, 0) is 14.3 Å².